The van der Waals surface area contributed by atoms with Gasteiger partial charge in [-0.15, -0.1) is 0 Å². The first-order chi connectivity index (χ1) is 8.67. The minimum Gasteiger partial charge on any atom is -0.484 e. The molecule has 0 radical (unpaired) electrons. The third kappa shape index (κ3) is 4.98. The van der Waals surface area contributed by atoms with Crippen molar-refractivity contribution in [2.45, 2.75) is 19.4 Å². The first-order valence-corrected chi connectivity index (χ1v) is 5.98. The van der Waals surface area contributed by atoms with Gasteiger partial charge in [-0.05, 0) is 25.1 Å². The van der Waals surface area contributed by atoms with E-state index in [1.54, 1.807) is 0 Å². The number of benzene rings is 1. The number of hydrogen-bond acceptors (Lipinski definition) is 3. The zero-order valence-corrected chi connectivity index (χ0v) is 10.7. The van der Waals surface area contributed by atoms with Crippen molar-refractivity contribution in [2.75, 3.05) is 26.8 Å². The average Bonchev–Trinajstić information content (AvgIpc) is 2.34. The molecule has 0 fully saturated rings. The van der Waals surface area contributed by atoms with Crippen LogP contribution in [0.5, 0.6) is 5.75 Å². The highest BCUT2D eigenvalue weighted by Gasteiger charge is 2.13. The summed E-state index contributed by atoms with van der Waals surface area (Å²) in [7, 11) is 1.54. The van der Waals surface area contributed by atoms with E-state index in [4.69, 9.17) is 9.47 Å². The second-order valence-corrected chi connectivity index (χ2v) is 3.97. The molecule has 5 heteroatoms. The Morgan fingerprint density at radius 1 is 1.33 bits per heavy atom. The number of hydrogen-bond donors (Lipinski definition) is 1. The molecule has 18 heavy (non-hydrogen) atoms. The molecule has 1 aromatic rings. The number of ether oxygens (including phenoxy) is 2. The Morgan fingerprint density at radius 2 is 2.11 bits per heavy atom. The summed E-state index contributed by atoms with van der Waals surface area (Å²) >= 11 is 0. The average molecular weight is 259 g/mol. The molecule has 0 amide bonds. The summed E-state index contributed by atoms with van der Waals surface area (Å²) in [4.78, 5) is 0. The molecular formula is C13H19F2NO2. The van der Waals surface area contributed by atoms with Gasteiger partial charge in [0.25, 0.3) is 0 Å². The maximum absolute atomic E-state index is 13.4. The highest BCUT2D eigenvalue weighted by atomic mass is 19.1. The van der Waals surface area contributed by atoms with Gasteiger partial charge in [0.15, 0.2) is 11.6 Å². The summed E-state index contributed by atoms with van der Waals surface area (Å²) in [6.07, 6.45) is 0.645. The van der Waals surface area contributed by atoms with Crippen LogP contribution in [0.3, 0.4) is 0 Å². The predicted octanol–water partition coefficient (Wildman–Crippen LogP) is 2.36. The second kappa shape index (κ2) is 8.00. The van der Waals surface area contributed by atoms with Gasteiger partial charge in [-0.25, -0.2) is 8.78 Å². The molecular weight excluding hydrogens is 240 g/mol. The number of methoxy groups -OCH3 is 1. The van der Waals surface area contributed by atoms with Crippen molar-refractivity contribution in [1.29, 1.82) is 0 Å². The molecule has 0 saturated heterocycles. The van der Waals surface area contributed by atoms with E-state index >= 15 is 0 Å². The van der Waals surface area contributed by atoms with Crippen molar-refractivity contribution in [2.24, 2.45) is 0 Å². The summed E-state index contributed by atoms with van der Waals surface area (Å²) < 4.78 is 36.8. The van der Waals surface area contributed by atoms with E-state index in [2.05, 4.69) is 5.32 Å². The Labute approximate surface area is 106 Å². The van der Waals surface area contributed by atoms with Gasteiger partial charge in [0, 0.05) is 19.7 Å². The fourth-order valence-electron chi connectivity index (χ4n) is 1.51. The molecule has 1 unspecified atom stereocenters. The number of nitrogens with one attached hydrogen (secondary N) is 1. The monoisotopic (exact) mass is 259 g/mol. The fraction of sp³-hybridized carbons (Fsp3) is 0.538. The lowest BCUT2D eigenvalue weighted by molar-refractivity contribution is 0.0777. The second-order valence-electron chi connectivity index (χ2n) is 3.97. The van der Waals surface area contributed by atoms with Gasteiger partial charge in [-0.3, -0.25) is 0 Å². The molecule has 1 rings (SSSR count). The van der Waals surface area contributed by atoms with Crippen molar-refractivity contribution in [3.05, 3.63) is 29.8 Å². The topological polar surface area (TPSA) is 30.5 Å². The van der Waals surface area contributed by atoms with Crippen LogP contribution < -0.4 is 10.1 Å². The van der Waals surface area contributed by atoms with Crippen LogP contribution in [0.2, 0.25) is 0 Å². The van der Waals surface area contributed by atoms with Crippen molar-refractivity contribution in [3.8, 4) is 5.75 Å². The maximum Gasteiger partial charge on any atom is 0.165 e. The summed E-state index contributed by atoms with van der Waals surface area (Å²) in [5.74, 6) is -1.19. The quantitative estimate of drug-likeness (QED) is 0.727. The molecule has 0 aliphatic rings. The smallest absolute Gasteiger partial charge is 0.165 e. The SMILES string of the molecule is CCCNCC(COC)Oc1cc(F)ccc1F. The molecule has 0 heterocycles. The van der Waals surface area contributed by atoms with E-state index < -0.39 is 11.6 Å². The van der Waals surface area contributed by atoms with Crippen LogP contribution in [0.25, 0.3) is 0 Å². The molecule has 0 spiro atoms. The minimum atomic E-state index is -0.576. The summed E-state index contributed by atoms with van der Waals surface area (Å²) in [5, 5.41) is 3.15. The molecule has 0 saturated carbocycles. The molecule has 1 atom stereocenters. The lowest BCUT2D eigenvalue weighted by atomic mass is 10.3. The van der Waals surface area contributed by atoms with Gasteiger partial charge in [0.05, 0.1) is 6.61 Å². The molecule has 1 aromatic carbocycles. The molecule has 0 aliphatic heterocycles. The zero-order valence-electron chi connectivity index (χ0n) is 10.7. The van der Waals surface area contributed by atoms with E-state index in [1.807, 2.05) is 6.92 Å². The van der Waals surface area contributed by atoms with Gasteiger partial charge in [0.2, 0.25) is 0 Å². The van der Waals surface area contributed by atoms with Crippen LogP contribution in [0.4, 0.5) is 8.78 Å². The highest BCUT2D eigenvalue weighted by molar-refractivity contribution is 5.25. The molecule has 0 bridgehead atoms. The van der Waals surface area contributed by atoms with Crippen molar-refractivity contribution < 1.29 is 18.3 Å². The van der Waals surface area contributed by atoms with E-state index in [-0.39, 0.29) is 11.9 Å². The maximum atomic E-state index is 13.4. The normalized spacial score (nSPS) is 12.4. The summed E-state index contributed by atoms with van der Waals surface area (Å²) in [6.45, 7) is 3.73. The van der Waals surface area contributed by atoms with Crippen molar-refractivity contribution >= 4 is 0 Å². The van der Waals surface area contributed by atoms with Crippen LogP contribution in [0.1, 0.15) is 13.3 Å². The Morgan fingerprint density at radius 3 is 2.78 bits per heavy atom. The van der Waals surface area contributed by atoms with Crippen LogP contribution in [0.15, 0.2) is 18.2 Å². The van der Waals surface area contributed by atoms with E-state index in [1.165, 1.54) is 7.11 Å². The summed E-state index contributed by atoms with van der Waals surface area (Å²) in [6, 6.07) is 3.15. The molecule has 3 nitrogen and oxygen atoms in total. The lowest BCUT2D eigenvalue weighted by Gasteiger charge is -2.19. The third-order valence-corrected chi connectivity index (χ3v) is 2.34. The first-order valence-electron chi connectivity index (χ1n) is 5.98. The van der Waals surface area contributed by atoms with Gasteiger partial charge in [-0.1, -0.05) is 6.92 Å². The molecule has 1 N–H and O–H groups in total. The van der Waals surface area contributed by atoms with E-state index in [0.717, 1.165) is 31.2 Å². The Bertz CT molecular complexity index is 361. The minimum absolute atomic E-state index is 0.0876. The van der Waals surface area contributed by atoms with Crippen LogP contribution in [-0.2, 0) is 4.74 Å². The van der Waals surface area contributed by atoms with Crippen molar-refractivity contribution in [1.82, 2.24) is 5.32 Å². The van der Waals surface area contributed by atoms with Crippen molar-refractivity contribution in [3.63, 3.8) is 0 Å². The van der Waals surface area contributed by atoms with Crippen LogP contribution in [-0.4, -0.2) is 32.9 Å². The summed E-state index contributed by atoms with van der Waals surface area (Å²) in [5.41, 5.74) is 0. The Kier molecular flexibility index (Phi) is 6.60. The van der Waals surface area contributed by atoms with Crippen LogP contribution >= 0.6 is 0 Å². The molecule has 102 valence electrons. The standard InChI is InChI=1S/C13H19F2NO2/c1-3-6-16-8-11(9-17-2)18-13-7-10(14)4-5-12(13)15/h4-5,7,11,16H,3,6,8-9H2,1-2H3. The zero-order chi connectivity index (χ0) is 13.4. The van der Waals surface area contributed by atoms with Crippen LogP contribution in [0, 0.1) is 11.6 Å². The largest absolute Gasteiger partial charge is 0.484 e. The number of halogens is 2. The van der Waals surface area contributed by atoms with E-state index in [0.29, 0.717) is 13.2 Å². The fourth-order valence-corrected chi connectivity index (χ4v) is 1.51. The van der Waals surface area contributed by atoms with Gasteiger partial charge >= 0.3 is 0 Å². The van der Waals surface area contributed by atoms with Gasteiger partial charge in [-0.2, -0.15) is 0 Å². The predicted molar refractivity (Wildman–Crippen MR) is 65.8 cm³/mol. The third-order valence-electron chi connectivity index (χ3n) is 2.34. The lowest BCUT2D eigenvalue weighted by Crippen LogP contribution is -2.35. The van der Waals surface area contributed by atoms with Gasteiger partial charge < -0.3 is 14.8 Å². The molecule has 0 aromatic heterocycles. The highest BCUT2D eigenvalue weighted by Crippen LogP contribution is 2.19. The number of rotatable bonds is 8. The molecule has 0 aliphatic carbocycles. The van der Waals surface area contributed by atoms with E-state index in [9.17, 15) is 8.78 Å². The van der Waals surface area contributed by atoms with Gasteiger partial charge in [0.1, 0.15) is 11.9 Å². The Hall–Kier alpha value is -1.20. The Balaban J connectivity index is 2.60. The first kappa shape index (κ1) is 14.9.